The molecule has 0 amide bonds. The maximum Gasteiger partial charge on any atom is 0.246 e. The Balaban J connectivity index is 3.40. The molecule has 3 N–H and O–H groups in total. The molecule has 0 atom stereocenters. The highest BCUT2D eigenvalue weighted by Gasteiger charge is 2.06. The molecule has 1 rings (SSSR count). The fourth-order valence-corrected chi connectivity index (χ4v) is 0.981. The van der Waals surface area contributed by atoms with Gasteiger partial charge in [0.05, 0.1) is 11.6 Å². The molecule has 0 heterocycles. The van der Waals surface area contributed by atoms with E-state index in [9.17, 15) is 0 Å². The molecule has 0 radical (unpaired) electrons. The standard InChI is InChI=1S/C7H5ClN2O/c1-10-7-5(8)2-4(9)3-6(7)11/h2-3,11H,9H2. The van der Waals surface area contributed by atoms with Gasteiger partial charge in [0.2, 0.25) is 5.69 Å². The van der Waals surface area contributed by atoms with Crippen molar-refractivity contribution in [3.8, 4) is 5.75 Å². The third-order valence-electron chi connectivity index (χ3n) is 1.18. The van der Waals surface area contributed by atoms with Crippen LogP contribution in [0.2, 0.25) is 5.02 Å². The minimum absolute atomic E-state index is 0.0425. The molecule has 56 valence electrons. The average molecular weight is 169 g/mol. The summed E-state index contributed by atoms with van der Waals surface area (Å²) >= 11 is 5.58. The van der Waals surface area contributed by atoms with E-state index in [2.05, 4.69) is 4.85 Å². The summed E-state index contributed by atoms with van der Waals surface area (Å²) in [6, 6.07) is 2.72. The Morgan fingerprint density at radius 1 is 1.55 bits per heavy atom. The quantitative estimate of drug-likeness (QED) is 0.461. The molecule has 0 fully saturated rings. The van der Waals surface area contributed by atoms with Crippen LogP contribution < -0.4 is 5.73 Å². The van der Waals surface area contributed by atoms with Crippen molar-refractivity contribution < 1.29 is 5.11 Å². The lowest BCUT2D eigenvalue weighted by atomic mass is 10.2. The number of benzene rings is 1. The molecule has 0 aromatic heterocycles. The molecular formula is C7H5ClN2O. The Hall–Kier alpha value is -1.40. The number of nitrogen functional groups attached to an aromatic ring is 1. The van der Waals surface area contributed by atoms with E-state index >= 15 is 0 Å². The number of anilines is 1. The lowest BCUT2D eigenvalue weighted by molar-refractivity contribution is 0.479. The molecule has 0 saturated heterocycles. The van der Waals surface area contributed by atoms with Crippen molar-refractivity contribution in [1.29, 1.82) is 0 Å². The Labute approximate surface area is 68.8 Å². The van der Waals surface area contributed by atoms with Gasteiger partial charge < -0.3 is 10.8 Å². The van der Waals surface area contributed by atoms with E-state index in [1.54, 1.807) is 0 Å². The Kier molecular flexibility index (Phi) is 1.88. The van der Waals surface area contributed by atoms with Crippen molar-refractivity contribution in [1.82, 2.24) is 0 Å². The fraction of sp³-hybridized carbons (Fsp3) is 0. The van der Waals surface area contributed by atoms with E-state index in [-0.39, 0.29) is 16.5 Å². The highest BCUT2D eigenvalue weighted by molar-refractivity contribution is 6.34. The highest BCUT2D eigenvalue weighted by Crippen LogP contribution is 2.36. The smallest absolute Gasteiger partial charge is 0.246 e. The molecule has 0 aliphatic heterocycles. The zero-order valence-electron chi connectivity index (χ0n) is 5.50. The van der Waals surface area contributed by atoms with Crippen LogP contribution >= 0.6 is 11.6 Å². The number of hydrogen-bond donors (Lipinski definition) is 2. The molecule has 3 nitrogen and oxygen atoms in total. The number of phenolic OH excluding ortho intramolecular Hbond substituents is 1. The van der Waals surface area contributed by atoms with Crippen LogP contribution in [0, 0.1) is 6.57 Å². The van der Waals surface area contributed by atoms with Crippen molar-refractivity contribution >= 4 is 23.0 Å². The number of nitrogens with two attached hydrogens (primary N) is 1. The first kappa shape index (κ1) is 7.70. The maximum absolute atomic E-state index is 9.09. The van der Waals surface area contributed by atoms with Gasteiger partial charge in [-0.05, 0) is 12.1 Å². The van der Waals surface area contributed by atoms with E-state index in [4.69, 9.17) is 29.0 Å². The fourth-order valence-electron chi connectivity index (χ4n) is 0.716. The van der Waals surface area contributed by atoms with E-state index < -0.39 is 0 Å². The molecule has 4 heteroatoms. The van der Waals surface area contributed by atoms with Crippen LogP contribution in [0.25, 0.3) is 4.85 Å². The topological polar surface area (TPSA) is 50.6 Å². The van der Waals surface area contributed by atoms with Crippen molar-refractivity contribution in [2.75, 3.05) is 5.73 Å². The molecule has 1 aromatic carbocycles. The van der Waals surface area contributed by atoms with Crippen molar-refractivity contribution in [3.05, 3.63) is 28.6 Å². The molecule has 0 saturated carbocycles. The first-order valence-corrected chi connectivity index (χ1v) is 3.18. The third kappa shape index (κ3) is 1.36. The van der Waals surface area contributed by atoms with E-state index in [1.165, 1.54) is 12.1 Å². The molecule has 0 unspecified atom stereocenters. The molecular weight excluding hydrogens is 164 g/mol. The zero-order chi connectivity index (χ0) is 8.43. The summed E-state index contributed by atoms with van der Waals surface area (Å²) in [4.78, 5) is 3.02. The van der Waals surface area contributed by atoms with Gasteiger partial charge in [0.25, 0.3) is 0 Å². The minimum atomic E-state index is -0.176. The van der Waals surface area contributed by atoms with Crippen LogP contribution in [0.4, 0.5) is 11.4 Å². The lowest BCUT2D eigenvalue weighted by Gasteiger charge is -1.99. The van der Waals surface area contributed by atoms with Gasteiger partial charge in [-0.2, -0.15) is 0 Å². The first-order chi connectivity index (χ1) is 5.15. The van der Waals surface area contributed by atoms with Gasteiger partial charge in [-0.25, -0.2) is 4.85 Å². The van der Waals surface area contributed by atoms with Gasteiger partial charge in [0, 0.05) is 5.69 Å². The van der Waals surface area contributed by atoms with E-state index in [1.807, 2.05) is 0 Å². The van der Waals surface area contributed by atoms with Crippen LogP contribution in [0.1, 0.15) is 0 Å². The van der Waals surface area contributed by atoms with Crippen molar-refractivity contribution in [2.45, 2.75) is 0 Å². The summed E-state index contributed by atoms with van der Waals surface area (Å²) in [6.07, 6.45) is 0. The number of hydrogen-bond acceptors (Lipinski definition) is 2. The summed E-state index contributed by atoms with van der Waals surface area (Å²) in [5, 5.41) is 9.27. The van der Waals surface area contributed by atoms with Gasteiger partial charge in [-0.15, -0.1) is 0 Å². The minimum Gasteiger partial charge on any atom is -0.519 e. The van der Waals surface area contributed by atoms with Crippen LogP contribution in [-0.2, 0) is 0 Å². The summed E-state index contributed by atoms with van der Waals surface area (Å²) in [5.41, 5.74) is 5.73. The predicted octanol–water partition coefficient (Wildman–Crippen LogP) is 2.18. The Bertz CT molecular complexity index is 307. The van der Waals surface area contributed by atoms with Gasteiger partial charge >= 0.3 is 0 Å². The number of rotatable bonds is 0. The van der Waals surface area contributed by atoms with Crippen LogP contribution in [0.15, 0.2) is 12.1 Å². The van der Waals surface area contributed by atoms with Crippen LogP contribution in [-0.4, -0.2) is 5.11 Å². The molecule has 0 spiro atoms. The van der Waals surface area contributed by atoms with Gasteiger partial charge in [-0.1, -0.05) is 11.6 Å². The molecule has 1 aromatic rings. The third-order valence-corrected chi connectivity index (χ3v) is 1.47. The summed E-state index contributed by atoms with van der Waals surface area (Å²) in [6.45, 7) is 6.64. The SMILES string of the molecule is [C-]#[N+]c1c(O)cc(N)cc1Cl. The number of halogens is 1. The number of aromatic hydroxyl groups is 1. The zero-order valence-corrected chi connectivity index (χ0v) is 6.26. The maximum atomic E-state index is 9.09. The summed E-state index contributed by atoms with van der Waals surface area (Å²) < 4.78 is 0. The van der Waals surface area contributed by atoms with Gasteiger partial charge in [0.1, 0.15) is 5.75 Å². The normalized spacial score (nSPS) is 9.09. The second-order valence-corrected chi connectivity index (χ2v) is 2.39. The van der Waals surface area contributed by atoms with Crippen LogP contribution in [0.3, 0.4) is 0 Å². The second kappa shape index (κ2) is 2.69. The Morgan fingerprint density at radius 2 is 2.18 bits per heavy atom. The van der Waals surface area contributed by atoms with Crippen LogP contribution in [0.5, 0.6) is 5.75 Å². The van der Waals surface area contributed by atoms with Crippen molar-refractivity contribution in [3.63, 3.8) is 0 Å². The predicted molar refractivity (Wildman–Crippen MR) is 43.8 cm³/mol. The Morgan fingerprint density at radius 3 is 2.64 bits per heavy atom. The first-order valence-electron chi connectivity index (χ1n) is 2.80. The number of phenols is 1. The van der Waals surface area contributed by atoms with E-state index in [0.29, 0.717) is 5.69 Å². The number of nitrogens with zero attached hydrogens (tertiary/aromatic N) is 1. The van der Waals surface area contributed by atoms with Gasteiger partial charge in [-0.3, -0.25) is 0 Å². The van der Waals surface area contributed by atoms with Crippen molar-refractivity contribution in [2.24, 2.45) is 0 Å². The average Bonchev–Trinajstić information content (AvgIpc) is 1.85. The summed E-state index contributed by atoms with van der Waals surface area (Å²) in [7, 11) is 0. The second-order valence-electron chi connectivity index (χ2n) is 1.98. The molecule has 0 aliphatic carbocycles. The molecule has 11 heavy (non-hydrogen) atoms. The molecule has 0 bridgehead atoms. The van der Waals surface area contributed by atoms with E-state index in [0.717, 1.165) is 0 Å². The van der Waals surface area contributed by atoms with Gasteiger partial charge in [0.15, 0.2) is 0 Å². The highest BCUT2D eigenvalue weighted by atomic mass is 35.5. The monoisotopic (exact) mass is 168 g/mol. The summed E-state index contributed by atoms with van der Waals surface area (Å²) in [5.74, 6) is -0.176. The molecule has 0 aliphatic rings. The largest absolute Gasteiger partial charge is 0.519 e. The lowest BCUT2D eigenvalue weighted by Crippen LogP contribution is -1.83.